The van der Waals surface area contributed by atoms with E-state index >= 15 is 0 Å². The van der Waals surface area contributed by atoms with E-state index in [2.05, 4.69) is 10.1 Å². The highest BCUT2D eigenvalue weighted by Gasteiger charge is 2.30. The summed E-state index contributed by atoms with van der Waals surface area (Å²) >= 11 is 0. The molecular weight excluding hydrogens is 340 g/mol. The van der Waals surface area contributed by atoms with E-state index in [-0.39, 0.29) is 23.2 Å². The smallest absolute Gasteiger partial charge is 0.170 e. The molecule has 0 aliphatic carbocycles. The Hall–Kier alpha value is -3.03. The Morgan fingerprint density at radius 2 is 2.12 bits per heavy atom. The van der Waals surface area contributed by atoms with E-state index in [0.29, 0.717) is 30.0 Å². The third-order valence-electron chi connectivity index (χ3n) is 4.71. The van der Waals surface area contributed by atoms with Crippen molar-refractivity contribution in [3.05, 3.63) is 53.2 Å². The van der Waals surface area contributed by atoms with Crippen LogP contribution < -0.4 is 10.6 Å². The van der Waals surface area contributed by atoms with E-state index in [0.717, 1.165) is 18.6 Å². The molecule has 1 unspecified atom stereocenters. The van der Waals surface area contributed by atoms with E-state index in [4.69, 9.17) is 5.73 Å². The van der Waals surface area contributed by atoms with E-state index in [1.807, 2.05) is 4.90 Å². The van der Waals surface area contributed by atoms with Crippen molar-refractivity contribution in [3.8, 4) is 0 Å². The van der Waals surface area contributed by atoms with Crippen LogP contribution in [0.3, 0.4) is 0 Å². The van der Waals surface area contributed by atoms with E-state index in [9.17, 15) is 13.6 Å². The number of benzene rings is 1. The van der Waals surface area contributed by atoms with Crippen molar-refractivity contribution in [1.82, 2.24) is 14.6 Å². The van der Waals surface area contributed by atoms with Gasteiger partial charge in [-0.15, -0.1) is 5.10 Å². The first kappa shape index (κ1) is 16.4. The normalized spacial score (nSPS) is 17.2. The van der Waals surface area contributed by atoms with Crippen molar-refractivity contribution >= 4 is 23.1 Å². The molecule has 134 valence electrons. The quantitative estimate of drug-likeness (QED) is 0.729. The van der Waals surface area contributed by atoms with E-state index < -0.39 is 11.6 Å². The molecular formula is C18H17F2N5O. The van der Waals surface area contributed by atoms with Crippen LogP contribution >= 0.6 is 0 Å². The van der Waals surface area contributed by atoms with Gasteiger partial charge in [0.2, 0.25) is 0 Å². The topological polar surface area (TPSA) is 76.5 Å². The van der Waals surface area contributed by atoms with Gasteiger partial charge in [-0.05, 0) is 44.0 Å². The first-order valence-electron chi connectivity index (χ1n) is 8.33. The Kier molecular flexibility index (Phi) is 3.82. The number of rotatable bonds is 3. The number of carbonyl (C=O) groups is 1. The van der Waals surface area contributed by atoms with Crippen LogP contribution in [0, 0.1) is 11.6 Å². The minimum atomic E-state index is -0.473. The van der Waals surface area contributed by atoms with Gasteiger partial charge in [-0.3, -0.25) is 4.79 Å². The molecule has 6 nitrogen and oxygen atoms in total. The Labute approximate surface area is 148 Å². The van der Waals surface area contributed by atoms with E-state index in [1.165, 1.54) is 17.5 Å². The standard InChI is InChI=1S/C18H17F2N5O/c1-10(26)16-17(21)23-25-8-6-15(22-18(16)25)24-7-2-3-14(24)12-9-11(19)4-5-13(12)20/h4-6,8-9,14H,2-3,7H2,1H3,(H2,21,23). The molecule has 3 heterocycles. The van der Waals surface area contributed by atoms with Gasteiger partial charge in [0.05, 0.1) is 6.04 Å². The molecule has 1 aliphatic rings. The van der Waals surface area contributed by atoms with Crippen LogP contribution in [0.2, 0.25) is 0 Å². The Balaban J connectivity index is 1.80. The van der Waals surface area contributed by atoms with Crippen LogP contribution in [0.1, 0.15) is 41.7 Å². The Bertz CT molecular complexity index is 1020. The molecule has 3 aromatic rings. The molecule has 0 radical (unpaired) electrons. The lowest BCUT2D eigenvalue weighted by atomic mass is 10.0. The molecule has 8 heteroatoms. The molecule has 0 bridgehead atoms. The second-order valence-electron chi connectivity index (χ2n) is 6.39. The fraction of sp³-hybridized carbons (Fsp3) is 0.278. The summed E-state index contributed by atoms with van der Waals surface area (Å²) in [6.07, 6.45) is 3.18. The van der Waals surface area contributed by atoms with Gasteiger partial charge in [-0.25, -0.2) is 18.3 Å². The summed E-state index contributed by atoms with van der Waals surface area (Å²) in [6, 6.07) is 4.90. The predicted octanol–water partition coefficient (Wildman–Crippen LogP) is 3.13. The highest BCUT2D eigenvalue weighted by atomic mass is 19.1. The first-order valence-corrected chi connectivity index (χ1v) is 8.33. The van der Waals surface area contributed by atoms with Crippen molar-refractivity contribution in [2.45, 2.75) is 25.8 Å². The molecule has 2 aromatic heterocycles. The fourth-order valence-corrected chi connectivity index (χ4v) is 3.57. The summed E-state index contributed by atoms with van der Waals surface area (Å²) in [4.78, 5) is 18.3. The van der Waals surface area contributed by atoms with Crippen molar-refractivity contribution in [3.63, 3.8) is 0 Å². The van der Waals surface area contributed by atoms with Gasteiger partial charge in [0, 0.05) is 18.3 Å². The summed E-state index contributed by atoms with van der Waals surface area (Å²) in [7, 11) is 0. The van der Waals surface area contributed by atoms with Crippen molar-refractivity contribution in [1.29, 1.82) is 0 Å². The van der Waals surface area contributed by atoms with Crippen molar-refractivity contribution < 1.29 is 13.6 Å². The maximum atomic E-state index is 14.2. The number of nitrogen functional groups attached to an aromatic ring is 1. The van der Waals surface area contributed by atoms with Gasteiger partial charge in [0.15, 0.2) is 17.2 Å². The lowest BCUT2D eigenvalue weighted by Gasteiger charge is -2.26. The summed E-state index contributed by atoms with van der Waals surface area (Å²) in [5, 5.41) is 4.09. The fourth-order valence-electron chi connectivity index (χ4n) is 3.57. The molecule has 26 heavy (non-hydrogen) atoms. The van der Waals surface area contributed by atoms with Crippen LogP contribution in [-0.2, 0) is 0 Å². The Morgan fingerprint density at radius 1 is 1.31 bits per heavy atom. The molecule has 0 amide bonds. The second kappa shape index (κ2) is 6.05. The maximum absolute atomic E-state index is 14.2. The van der Waals surface area contributed by atoms with Gasteiger partial charge < -0.3 is 10.6 Å². The number of fused-ring (bicyclic) bond motifs is 1. The van der Waals surface area contributed by atoms with Crippen LogP contribution in [0.5, 0.6) is 0 Å². The van der Waals surface area contributed by atoms with Crippen LogP contribution in [0.25, 0.3) is 5.65 Å². The summed E-state index contributed by atoms with van der Waals surface area (Å²) in [6.45, 7) is 2.06. The van der Waals surface area contributed by atoms with E-state index in [1.54, 1.807) is 12.3 Å². The van der Waals surface area contributed by atoms with Gasteiger partial charge in [0.25, 0.3) is 0 Å². The number of anilines is 2. The molecule has 2 N–H and O–H groups in total. The predicted molar refractivity (Wildman–Crippen MR) is 93.1 cm³/mol. The van der Waals surface area contributed by atoms with Crippen molar-refractivity contribution in [2.24, 2.45) is 0 Å². The zero-order valence-electron chi connectivity index (χ0n) is 14.1. The van der Waals surface area contributed by atoms with Gasteiger partial charge in [0.1, 0.15) is 23.0 Å². The number of halogens is 2. The molecule has 4 rings (SSSR count). The number of hydrogen-bond acceptors (Lipinski definition) is 5. The number of Topliss-reactive ketones (excluding diaryl/α,β-unsaturated/α-hetero) is 1. The Morgan fingerprint density at radius 3 is 2.88 bits per heavy atom. The first-order chi connectivity index (χ1) is 12.5. The number of carbonyl (C=O) groups excluding carboxylic acids is 1. The summed E-state index contributed by atoms with van der Waals surface area (Å²) < 4.78 is 29.3. The van der Waals surface area contributed by atoms with Crippen LogP contribution in [-0.4, -0.2) is 26.9 Å². The number of nitrogens with zero attached hydrogens (tertiary/aromatic N) is 4. The molecule has 1 fully saturated rings. The third kappa shape index (κ3) is 2.58. The largest absolute Gasteiger partial charge is 0.382 e. The van der Waals surface area contributed by atoms with Crippen LogP contribution in [0.4, 0.5) is 20.4 Å². The number of ketones is 1. The van der Waals surface area contributed by atoms with Gasteiger partial charge >= 0.3 is 0 Å². The minimum absolute atomic E-state index is 0.122. The SMILES string of the molecule is CC(=O)c1c(N)nn2ccc(N3CCCC3c3cc(F)ccc3F)nc12. The molecule has 0 saturated carbocycles. The van der Waals surface area contributed by atoms with Gasteiger partial charge in [-0.2, -0.15) is 0 Å². The molecule has 1 aromatic carbocycles. The summed E-state index contributed by atoms with van der Waals surface area (Å²) in [5.41, 5.74) is 6.75. The maximum Gasteiger partial charge on any atom is 0.170 e. The molecule has 1 atom stereocenters. The summed E-state index contributed by atoms with van der Waals surface area (Å²) in [5.74, 6) is -0.444. The second-order valence-corrected chi connectivity index (χ2v) is 6.39. The molecule has 1 saturated heterocycles. The average Bonchev–Trinajstić information content (AvgIpc) is 3.19. The zero-order valence-corrected chi connectivity index (χ0v) is 14.1. The zero-order chi connectivity index (χ0) is 18.4. The number of hydrogen-bond donors (Lipinski definition) is 1. The lowest BCUT2D eigenvalue weighted by Crippen LogP contribution is -2.24. The lowest BCUT2D eigenvalue weighted by molar-refractivity contribution is 0.102. The monoisotopic (exact) mass is 357 g/mol. The molecule has 0 spiro atoms. The number of aromatic nitrogens is 3. The minimum Gasteiger partial charge on any atom is -0.382 e. The van der Waals surface area contributed by atoms with Crippen LogP contribution in [0.15, 0.2) is 30.5 Å². The van der Waals surface area contributed by atoms with Gasteiger partial charge in [-0.1, -0.05) is 0 Å². The highest BCUT2D eigenvalue weighted by molar-refractivity contribution is 6.04. The molecule has 1 aliphatic heterocycles. The highest BCUT2D eigenvalue weighted by Crippen LogP contribution is 2.37. The number of nitrogens with two attached hydrogens (primary N) is 1. The average molecular weight is 357 g/mol. The van der Waals surface area contributed by atoms with Crippen molar-refractivity contribution in [2.75, 3.05) is 17.2 Å². The third-order valence-corrected chi connectivity index (χ3v) is 4.71.